The Morgan fingerprint density at radius 1 is 1.16 bits per heavy atom. The molecule has 1 aromatic heterocycles. The number of nitrogens with zero attached hydrogens (tertiary/aromatic N) is 3. The quantitative estimate of drug-likeness (QED) is 0.331. The molecule has 0 bridgehead atoms. The number of hydrogen-bond acceptors (Lipinski definition) is 7. The fraction of sp³-hybridized carbons (Fsp3) is 0.136. The summed E-state index contributed by atoms with van der Waals surface area (Å²) in [5, 5.41) is 14.7. The van der Waals surface area contributed by atoms with Crippen molar-refractivity contribution in [2.24, 2.45) is 5.10 Å². The zero-order valence-electron chi connectivity index (χ0n) is 16.9. The molecule has 9 heteroatoms. The van der Waals surface area contributed by atoms with Gasteiger partial charge in [0, 0.05) is 17.7 Å². The van der Waals surface area contributed by atoms with E-state index in [4.69, 9.17) is 9.47 Å². The second-order valence-corrected chi connectivity index (χ2v) is 6.42. The number of benzene rings is 2. The largest absolute Gasteiger partial charge is 0.490 e. The maximum Gasteiger partial charge on any atom is 0.287 e. The lowest BCUT2D eigenvalue weighted by molar-refractivity contribution is -0.385. The van der Waals surface area contributed by atoms with Crippen molar-refractivity contribution in [1.82, 2.24) is 10.4 Å². The van der Waals surface area contributed by atoms with Gasteiger partial charge in [0.1, 0.15) is 6.20 Å². The van der Waals surface area contributed by atoms with Gasteiger partial charge in [0.25, 0.3) is 11.6 Å². The van der Waals surface area contributed by atoms with Crippen LogP contribution in [0.15, 0.2) is 65.9 Å². The number of hydrazone groups is 1. The summed E-state index contributed by atoms with van der Waals surface area (Å²) >= 11 is 0. The van der Waals surface area contributed by atoms with E-state index in [1.54, 1.807) is 30.3 Å². The van der Waals surface area contributed by atoms with Crippen molar-refractivity contribution in [1.29, 1.82) is 0 Å². The van der Waals surface area contributed by atoms with E-state index in [1.165, 1.54) is 18.3 Å². The predicted octanol–water partition coefficient (Wildman–Crippen LogP) is 4.25. The van der Waals surface area contributed by atoms with Crippen molar-refractivity contribution >= 4 is 17.8 Å². The standard InChI is InChI=1S/C22H20N4O5/c1-3-30-20-12-16(13-24-25-22(27)17-7-4-15(2)5-8-17)6-10-19(20)31-21-11-9-18(14-23-21)26(28)29/h4-14H,3H2,1-2H3,(H,25,27)/b24-13+. The van der Waals surface area contributed by atoms with E-state index in [-0.39, 0.29) is 17.5 Å². The predicted molar refractivity (Wildman–Crippen MR) is 115 cm³/mol. The highest BCUT2D eigenvalue weighted by atomic mass is 16.6. The Bertz CT molecular complexity index is 1100. The minimum absolute atomic E-state index is 0.128. The van der Waals surface area contributed by atoms with Crippen molar-refractivity contribution in [2.45, 2.75) is 13.8 Å². The molecule has 31 heavy (non-hydrogen) atoms. The molecule has 0 saturated carbocycles. The van der Waals surface area contributed by atoms with Crippen LogP contribution in [-0.2, 0) is 0 Å². The number of aromatic nitrogens is 1. The van der Waals surface area contributed by atoms with Crippen LogP contribution in [-0.4, -0.2) is 28.6 Å². The Labute approximate surface area is 178 Å². The Balaban J connectivity index is 1.70. The molecule has 2 aromatic carbocycles. The number of rotatable bonds is 8. The summed E-state index contributed by atoms with van der Waals surface area (Å²) in [6, 6.07) is 15.0. The minimum Gasteiger partial charge on any atom is -0.490 e. The number of nitrogens with one attached hydrogen (secondary N) is 1. The first-order valence-electron chi connectivity index (χ1n) is 9.41. The van der Waals surface area contributed by atoms with Gasteiger partial charge in [-0.2, -0.15) is 5.10 Å². The fourth-order valence-corrected chi connectivity index (χ4v) is 2.55. The molecule has 0 unspecified atom stereocenters. The molecule has 1 N–H and O–H groups in total. The molecule has 3 aromatic rings. The SMILES string of the molecule is CCOc1cc(/C=N/NC(=O)c2ccc(C)cc2)ccc1Oc1ccc([N+](=O)[O-])cn1. The molecule has 0 radical (unpaired) electrons. The first-order valence-corrected chi connectivity index (χ1v) is 9.41. The normalized spacial score (nSPS) is 10.6. The summed E-state index contributed by atoms with van der Waals surface area (Å²) in [4.78, 5) is 26.3. The first-order chi connectivity index (χ1) is 15.0. The van der Waals surface area contributed by atoms with Gasteiger partial charge in [-0.3, -0.25) is 14.9 Å². The van der Waals surface area contributed by atoms with Gasteiger partial charge in [0.15, 0.2) is 11.5 Å². The molecule has 0 atom stereocenters. The van der Waals surface area contributed by atoms with Gasteiger partial charge in [-0.05, 0) is 49.7 Å². The van der Waals surface area contributed by atoms with Crippen LogP contribution in [0.1, 0.15) is 28.4 Å². The highest BCUT2D eigenvalue weighted by Crippen LogP contribution is 2.32. The lowest BCUT2D eigenvalue weighted by Crippen LogP contribution is -2.17. The third kappa shape index (κ3) is 5.86. The topological polar surface area (TPSA) is 116 Å². The van der Waals surface area contributed by atoms with Gasteiger partial charge >= 0.3 is 0 Å². The zero-order chi connectivity index (χ0) is 22.2. The number of carbonyl (C=O) groups excluding carboxylic acids is 1. The second-order valence-electron chi connectivity index (χ2n) is 6.42. The van der Waals surface area contributed by atoms with Crippen LogP contribution < -0.4 is 14.9 Å². The van der Waals surface area contributed by atoms with Crippen LogP contribution in [0.3, 0.4) is 0 Å². The lowest BCUT2D eigenvalue weighted by Gasteiger charge is -2.11. The number of carbonyl (C=O) groups is 1. The third-order valence-electron chi connectivity index (χ3n) is 4.11. The van der Waals surface area contributed by atoms with E-state index in [0.717, 1.165) is 11.8 Å². The van der Waals surface area contributed by atoms with E-state index in [9.17, 15) is 14.9 Å². The van der Waals surface area contributed by atoms with Crippen LogP contribution in [0, 0.1) is 17.0 Å². The average Bonchev–Trinajstić information content (AvgIpc) is 2.76. The molecule has 0 aliphatic carbocycles. The number of amides is 1. The van der Waals surface area contributed by atoms with Crippen molar-refractivity contribution in [3.8, 4) is 17.4 Å². The van der Waals surface area contributed by atoms with E-state index >= 15 is 0 Å². The van der Waals surface area contributed by atoms with Crippen molar-refractivity contribution in [3.63, 3.8) is 0 Å². The summed E-state index contributed by atoms with van der Waals surface area (Å²) in [6.07, 6.45) is 2.61. The highest BCUT2D eigenvalue weighted by molar-refractivity contribution is 5.94. The summed E-state index contributed by atoms with van der Waals surface area (Å²) in [5.74, 6) is 0.712. The number of nitro groups is 1. The molecular formula is C22H20N4O5. The molecule has 0 saturated heterocycles. The number of aryl methyl sites for hydroxylation is 1. The van der Waals surface area contributed by atoms with Crippen LogP contribution in [0.5, 0.6) is 17.4 Å². The van der Waals surface area contributed by atoms with E-state index in [1.807, 2.05) is 26.0 Å². The maximum absolute atomic E-state index is 12.1. The van der Waals surface area contributed by atoms with Gasteiger partial charge < -0.3 is 9.47 Å². The molecular weight excluding hydrogens is 400 g/mol. The summed E-state index contributed by atoms with van der Waals surface area (Å²) < 4.78 is 11.3. The van der Waals surface area contributed by atoms with Crippen molar-refractivity contribution in [3.05, 3.63) is 87.6 Å². The highest BCUT2D eigenvalue weighted by Gasteiger charge is 2.11. The molecule has 0 aliphatic heterocycles. The van der Waals surface area contributed by atoms with Crippen LogP contribution in [0.25, 0.3) is 0 Å². The van der Waals surface area contributed by atoms with Gasteiger partial charge in [0.05, 0.1) is 17.7 Å². The summed E-state index contributed by atoms with van der Waals surface area (Å²) in [5.41, 5.74) is 4.61. The van der Waals surface area contributed by atoms with E-state index < -0.39 is 4.92 Å². The maximum atomic E-state index is 12.1. The van der Waals surface area contributed by atoms with E-state index in [0.29, 0.717) is 29.2 Å². The molecule has 9 nitrogen and oxygen atoms in total. The van der Waals surface area contributed by atoms with Gasteiger partial charge in [0.2, 0.25) is 5.88 Å². The Morgan fingerprint density at radius 3 is 2.58 bits per heavy atom. The molecule has 1 heterocycles. The van der Waals surface area contributed by atoms with E-state index in [2.05, 4.69) is 15.5 Å². The molecule has 0 fully saturated rings. The smallest absolute Gasteiger partial charge is 0.287 e. The Kier molecular flexibility index (Phi) is 6.89. The summed E-state index contributed by atoms with van der Waals surface area (Å²) in [6.45, 7) is 4.17. The Hall–Kier alpha value is -4.27. The number of pyridine rings is 1. The minimum atomic E-state index is -0.534. The Morgan fingerprint density at radius 2 is 1.94 bits per heavy atom. The average molecular weight is 420 g/mol. The van der Waals surface area contributed by atoms with Gasteiger partial charge in [-0.1, -0.05) is 17.7 Å². The van der Waals surface area contributed by atoms with Crippen LogP contribution in [0.2, 0.25) is 0 Å². The third-order valence-corrected chi connectivity index (χ3v) is 4.11. The molecule has 0 aliphatic rings. The molecule has 1 amide bonds. The monoisotopic (exact) mass is 420 g/mol. The first kappa shape index (κ1) is 21.4. The lowest BCUT2D eigenvalue weighted by atomic mass is 10.1. The summed E-state index contributed by atoms with van der Waals surface area (Å²) in [7, 11) is 0. The molecule has 3 rings (SSSR count). The van der Waals surface area contributed by atoms with Crippen LogP contribution >= 0.6 is 0 Å². The zero-order valence-corrected chi connectivity index (χ0v) is 16.9. The molecule has 0 spiro atoms. The van der Waals surface area contributed by atoms with Gasteiger partial charge in [-0.15, -0.1) is 0 Å². The van der Waals surface area contributed by atoms with Gasteiger partial charge in [-0.25, -0.2) is 10.4 Å². The fourth-order valence-electron chi connectivity index (χ4n) is 2.55. The van der Waals surface area contributed by atoms with Crippen LogP contribution in [0.4, 0.5) is 5.69 Å². The molecule has 158 valence electrons. The van der Waals surface area contributed by atoms with Crippen molar-refractivity contribution < 1.29 is 19.2 Å². The number of hydrogen-bond donors (Lipinski definition) is 1. The number of ether oxygens (including phenoxy) is 2. The van der Waals surface area contributed by atoms with Crippen molar-refractivity contribution in [2.75, 3.05) is 6.61 Å². The second kappa shape index (κ2) is 9.97.